The van der Waals surface area contributed by atoms with Crippen LogP contribution < -0.4 is 9.46 Å². The lowest BCUT2D eigenvalue weighted by molar-refractivity contribution is 0.322. The van der Waals surface area contributed by atoms with Crippen LogP contribution in [-0.4, -0.2) is 21.6 Å². The Bertz CT molecular complexity index is 859. The van der Waals surface area contributed by atoms with E-state index >= 15 is 0 Å². The summed E-state index contributed by atoms with van der Waals surface area (Å²) >= 11 is 0. The second-order valence-electron chi connectivity index (χ2n) is 6.63. The fraction of sp³-hybridized carbons (Fsp3) is 0.400. The van der Waals surface area contributed by atoms with E-state index in [2.05, 4.69) is 4.72 Å². The minimum Gasteiger partial charge on any atom is -0.492 e. The Labute approximate surface area is 150 Å². The van der Waals surface area contributed by atoms with Gasteiger partial charge in [-0.2, -0.15) is 0 Å². The highest BCUT2D eigenvalue weighted by atomic mass is 32.2. The Morgan fingerprint density at radius 2 is 1.72 bits per heavy atom. The van der Waals surface area contributed by atoms with Crippen molar-refractivity contribution in [3.8, 4) is 5.75 Å². The first-order chi connectivity index (χ1) is 12.0. The van der Waals surface area contributed by atoms with E-state index in [1.54, 1.807) is 6.07 Å². The number of sulfonamides is 1. The molecule has 1 aliphatic carbocycles. The van der Waals surface area contributed by atoms with Crippen LogP contribution in [0.1, 0.15) is 35.1 Å². The molecule has 134 valence electrons. The van der Waals surface area contributed by atoms with E-state index < -0.39 is 10.0 Å². The minimum atomic E-state index is -3.49. The molecule has 0 aliphatic heterocycles. The topological polar surface area (TPSA) is 55.4 Å². The van der Waals surface area contributed by atoms with Crippen molar-refractivity contribution < 1.29 is 13.2 Å². The van der Waals surface area contributed by atoms with E-state index in [4.69, 9.17) is 4.74 Å². The van der Waals surface area contributed by atoms with Crippen LogP contribution in [0.4, 0.5) is 0 Å². The number of hydrogen-bond donors (Lipinski definition) is 1. The maximum atomic E-state index is 12.5. The zero-order chi connectivity index (χ0) is 17.9. The van der Waals surface area contributed by atoms with E-state index in [1.807, 2.05) is 44.2 Å². The number of fused-ring (bicyclic) bond motifs is 1. The summed E-state index contributed by atoms with van der Waals surface area (Å²) in [5, 5.41) is 0. The van der Waals surface area contributed by atoms with Gasteiger partial charge in [0.25, 0.3) is 0 Å². The molecule has 2 aromatic rings. The number of ether oxygens (including phenoxy) is 1. The van der Waals surface area contributed by atoms with Crippen molar-refractivity contribution in [2.45, 2.75) is 44.4 Å². The average Bonchev–Trinajstić information content (AvgIpc) is 2.61. The van der Waals surface area contributed by atoms with E-state index in [9.17, 15) is 8.42 Å². The van der Waals surface area contributed by atoms with Crippen LogP contribution in [0.15, 0.2) is 41.3 Å². The fourth-order valence-electron chi connectivity index (χ4n) is 3.11. The molecule has 0 unspecified atom stereocenters. The normalized spacial score (nSPS) is 14.2. The number of rotatable bonds is 6. The molecule has 1 aliphatic rings. The molecule has 3 rings (SSSR count). The van der Waals surface area contributed by atoms with Crippen molar-refractivity contribution in [3.63, 3.8) is 0 Å². The lowest BCUT2D eigenvalue weighted by Crippen LogP contribution is -2.28. The predicted molar refractivity (Wildman–Crippen MR) is 99.7 cm³/mol. The van der Waals surface area contributed by atoms with Gasteiger partial charge in [0.1, 0.15) is 12.4 Å². The summed E-state index contributed by atoms with van der Waals surface area (Å²) in [7, 11) is -3.49. The maximum Gasteiger partial charge on any atom is 0.240 e. The largest absolute Gasteiger partial charge is 0.492 e. The lowest BCUT2D eigenvalue weighted by atomic mass is 9.92. The predicted octanol–water partition coefficient (Wildman–Crippen LogP) is 3.54. The monoisotopic (exact) mass is 359 g/mol. The summed E-state index contributed by atoms with van der Waals surface area (Å²) in [6, 6.07) is 11.3. The number of nitrogens with one attached hydrogen (secondary N) is 1. The molecule has 0 bridgehead atoms. The Morgan fingerprint density at radius 3 is 2.48 bits per heavy atom. The van der Waals surface area contributed by atoms with Crippen LogP contribution >= 0.6 is 0 Å². The molecule has 0 radical (unpaired) electrons. The molecular formula is C20H25NO3S. The molecule has 0 fully saturated rings. The van der Waals surface area contributed by atoms with Gasteiger partial charge >= 0.3 is 0 Å². The van der Waals surface area contributed by atoms with Gasteiger partial charge in [0.15, 0.2) is 0 Å². The first kappa shape index (κ1) is 18.0. The molecule has 5 heteroatoms. The smallest absolute Gasteiger partial charge is 0.240 e. The summed E-state index contributed by atoms with van der Waals surface area (Å²) in [5.74, 6) is 0.760. The van der Waals surface area contributed by atoms with Gasteiger partial charge in [-0.3, -0.25) is 0 Å². The molecule has 0 saturated carbocycles. The molecular weight excluding hydrogens is 334 g/mol. The third-order valence-corrected chi connectivity index (χ3v) is 6.23. The molecule has 0 spiro atoms. The average molecular weight is 359 g/mol. The van der Waals surface area contributed by atoms with Gasteiger partial charge in [0, 0.05) is 6.54 Å². The highest BCUT2D eigenvalue weighted by molar-refractivity contribution is 7.89. The Hall–Kier alpha value is -1.85. The van der Waals surface area contributed by atoms with Crippen molar-refractivity contribution in [1.82, 2.24) is 4.72 Å². The van der Waals surface area contributed by atoms with E-state index in [0.29, 0.717) is 11.5 Å². The standard InChI is InChI=1S/C20H25NO3S/c1-15-7-9-19(13-16(15)2)24-12-11-21-25(22,23)20-10-8-17-5-3-4-6-18(17)14-20/h7-10,13-14,21H,3-6,11-12H2,1-2H3. The molecule has 0 heterocycles. The van der Waals surface area contributed by atoms with E-state index in [1.165, 1.54) is 23.1 Å². The van der Waals surface area contributed by atoms with Crippen LogP contribution in [0.5, 0.6) is 5.75 Å². The van der Waals surface area contributed by atoms with E-state index in [-0.39, 0.29) is 6.54 Å². The highest BCUT2D eigenvalue weighted by Crippen LogP contribution is 2.24. The van der Waals surface area contributed by atoms with Crippen molar-refractivity contribution in [3.05, 3.63) is 58.7 Å². The molecule has 0 amide bonds. The third kappa shape index (κ3) is 4.41. The number of benzene rings is 2. The van der Waals surface area contributed by atoms with Gasteiger partial charge in [-0.25, -0.2) is 13.1 Å². The molecule has 0 saturated heterocycles. The molecule has 25 heavy (non-hydrogen) atoms. The third-order valence-electron chi connectivity index (χ3n) is 4.77. The van der Waals surface area contributed by atoms with Crippen LogP contribution in [0.25, 0.3) is 0 Å². The second kappa shape index (κ2) is 7.58. The number of aryl methyl sites for hydroxylation is 4. The van der Waals surface area contributed by atoms with Gasteiger partial charge in [-0.15, -0.1) is 0 Å². The lowest BCUT2D eigenvalue weighted by Gasteiger charge is -2.17. The zero-order valence-electron chi connectivity index (χ0n) is 14.8. The van der Waals surface area contributed by atoms with Crippen LogP contribution in [0.3, 0.4) is 0 Å². The van der Waals surface area contributed by atoms with Crippen LogP contribution in [0, 0.1) is 13.8 Å². The van der Waals surface area contributed by atoms with Crippen molar-refractivity contribution >= 4 is 10.0 Å². The van der Waals surface area contributed by atoms with Gasteiger partial charge < -0.3 is 4.74 Å². The van der Waals surface area contributed by atoms with Crippen molar-refractivity contribution in [2.24, 2.45) is 0 Å². The first-order valence-corrected chi connectivity index (χ1v) is 10.3. The van der Waals surface area contributed by atoms with Gasteiger partial charge in [-0.1, -0.05) is 12.1 Å². The Balaban J connectivity index is 1.57. The minimum absolute atomic E-state index is 0.242. The van der Waals surface area contributed by atoms with Crippen molar-refractivity contribution in [2.75, 3.05) is 13.2 Å². The number of hydrogen-bond acceptors (Lipinski definition) is 3. The molecule has 4 nitrogen and oxygen atoms in total. The van der Waals surface area contributed by atoms with Crippen molar-refractivity contribution in [1.29, 1.82) is 0 Å². The molecule has 2 aromatic carbocycles. The van der Waals surface area contributed by atoms with E-state index in [0.717, 1.165) is 30.6 Å². The second-order valence-corrected chi connectivity index (χ2v) is 8.40. The quantitative estimate of drug-likeness (QED) is 0.803. The molecule has 0 atom stereocenters. The Morgan fingerprint density at radius 1 is 0.960 bits per heavy atom. The Kier molecular flexibility index (Phi) is 5.45. The highest BCUT2D eigenvalue weighted by Gasteiger charge is 2.17. The fourth-order valence-corrected chi connectivity index (χ4v) is 4.17. The van der Waals surface area contributed by atoms with Gasteiger partial charge in [0.2, 0.25) is 10.0 Å². The maximum absolute atomic E-state index is 12.5. The van der Waals surface area contributed by atoms with Crippen LogP contribution in [-0.2, 0) is 22.9 Å². The van der Waals surface area contributed by atoms with Gasteiger partial charge in [-0.05, 0) is 86.1 Å². The summed E-state index contributed by atoms with van der Waals surface area (Å²) < 4.78 is 33.2. The molecule has 0 aromatic heterocycles. The summed E-state index contributed by atoms with van der Waals surface area (Å²) in [6.45, 7) is 4.62. The van der Waals surface area contributed by atoms with Gasteiger partial charge in [0.05, 0.1) is 4.90 Å². The zero-order valence-corrected chi connectivity index (χ0v) is 15.7. The summed E-state index contributed by atoms with van der Waals surface area (Å²) in [4.78, 5) is 0.347. The SMILES string of the molecule is Cc1ccc(OCCNS(=O)(=O)c2ccc3c(c2)CCCC3)cc1C. The molecule has 1 N–H and O–H groups in total. The summed E-state index contributed by atoms with van der Waals surface area (Å²) in [6.07, 6.45) is 4.34. The summed E-state index contributed by atoms with van der Waals surface area (Å²) in [5.41, 5.74) is 4.82. The first-order valence-electron chi connectivity index (χ1n) is 8.77. The van der Waals surface area contributed by atoms with Crippen LogP contribution in [0.2, 0.25) is 0 Å².